The van der Waals surface area contributed by atoms with Crippen molar-refractivity contribution in [1.29, 1.82) is 0 Å². The number of nitrogen functional groups attached to an aromatic ring is 1. The van der Waals surface area contributed by atoms with Crippen molar-refractivity contribution in [2.45, 2.75) is 20.4 Å². The number of hydrogen-bond acceptors (Lipinski definition) is 3. The molecule has 1 aromatic heterocycles. The van der Waals surface area contributed by atoms with Gasteiger partial charge in [0.2, 0.25) is 5.88 Å². The minimum atomic E-state index is 0.597. The number of nitrogens with zero attached hydrogens (tertiary/aromatic N) is 2. The molecule has 0 saturated carbocycles. The fourth-order valence-corrected chi connectivity index (χ4v) is 2.28. The molecular formula is C16H17N3O. The van der Waals surface area contributed by atoms with Crippen LogP contribution in [0.25, 0.3) is 10.8 Å². The Labute approximate surface area is 117 Å². The fourth-order valence-electron chi connectivity index (χ4n) is 2.28. The van der Waals surface area contributed by atoms with Gasteiger partial charge in [-0.25, -0.2) is 4.68 Å². The Hall–Kier alpha value is -2.49. The minimum Gasteiger partial charge on any atom is -0.437 e. The number of fused-ring (bicyclic) bond motifs is 1. The molecule has 0 aliphatic rings. The maximum atomic E-state index is 6.06. The standard InChI is InChI=1S/C16H17N3O/c1-3-19-16(15(17)11(2)18-19)20-14-10-6-8-12-7-4-5-9-13(12)14/h4-10H,3,17H2,1-2H3. The lowest BCUT2D eigenvalue weighted by atomic mass is 10.1. The highest BCUT2D eigenvalue weighted by Gasteiger charge is 2.14. The first kappa shape index (κ1) is 12.5. The second-order valence-electron chi connectivity index (χ2n) is 4.70. The Morgan fingerprint density at radius 2 is 1.90 bits per heavy atom. The minimum absolute atomic E-state index is 0.597. The Bertz CT molecular complexity index is 756. The van der Waals surface area contributed by atoms with Crippen LogP contribution in [0.1, 0.15) is 12.6 Å². The van der Waals surface area contributed by atoms with E-state index < -0.39 is 0 Å². The smallest absolute Gasteiger partial charge is 0.241 e. The van der Waals surface area contributed by atoms with Gasteiger partial charge in [0, 0.05) is 11.9 Å². The second-order valence-corrected chi connectivity index (χ2v) is 4.70. The number of anilines is 1. The van der Waals surface area contributed by atoms with Gasteiger partial charge in [0.15, 0.2) is 0 Å². The van der Waals surface area contributed by atoms with E-state index in [1.54, 1.807) is 4.68 Å². The van der Waals surface area contributed by atoms with Gasteiger partial charge in [-0.15, -0.1) is 0 Å². The number of rotatable bonds is 3. The van der Waals surface area contributed by atoms with Crippen molar-refractivity contribution in [1.82, 2.24) is 9.78 Å². The molecule has 0 unspecified atom stereocenters. The van der Waals surface area contributed by atoms with Crippen LogP contribution in [0.15, 0.2) is 42.5 Å². The van der Waals surface area contributed by atoms with Crippen LogP contribution in [0.2, 0.25) is 0 Å². The zero-order valence-corrected chi connectivity index (χ0v) is 11.6. The molecule has 102 valence electrons. The number of benzene rings is 2. The molecule has 4 nitrogen and oxygen atoms in total. The van der Waals surface area contributed by atoms with Crippen LogP contribution >= 0.6 is 0 Å². The molecule has 3 aromatic rings. The van der Waals surface area contributed by atoms with Gasteiger partial charge in [0.1, 0.15) is 11.4 Å². The lowest BCUT2D eigenvalue weighted by molar-refractivity contribution is 0.422. The molecule has 0 atom stereocenters. The van der Waals surface area contributed by atoms with Gasteiger partial charge in [-0.2, -0.15) is 5.10 Å². The first-order valence-electron chi connectivity index (χ1n) is 6.69. The highest BCUT2D eigenvalue weighted by atomic mass is 16.5. The van der Waals surface area contributed by atoms with Crippen LogP contribution < -0.4 is 10.5 Å². The lowest BCUT2D eigenvalue weighted by Crippen LogP contribution is -2.01. The summed E-state index contributed by atoms with van der Waals surface area (Å²) in [6, 6.07) is 14.1. The third kappa shape index (κ3) is 1.99. The molecular weight excluding hydrogens is 250 g/mol. The number of aromatic nitrogens is 2. The molecule has 0 aliphatic heterocycles. The van der Waals surface area contributed by atoms with Crippen LogP contribution in [0.4, 0.5) is 5.69 Å². The Kier molecular flexibility index (Phi) is 3.06. The summed E-state index contributed by atoms with van der Waals surface area (Å²) in [6.45, 7) is 4.62. The molecule has 0 saturated heterocycles. The van der Waals surface area contributed by atoms with Gasteiger partial charge in [0.05, 0.1) is 5.69 Å². The van der Waals surface area contributed by atoms with Crippen molar-refractivity contribution >= 4 is 16.5 Å². The van der Waals surface area contributed by atoms with E-state index in [2.05, 4.69) is 17.2 Å². The van der Waals surface area contributed by atoms with Crippen LogP contribution in [0.3, 0.4) is 0 Å². The number of hydrogen-bond donors (Lipinski definition) is 1. The van der Waals surface area contributed by atoms with Crippen LogP contribution in [-0.4, -0.2) is 9.78 Å². The third-order valence-corrected chi connectivity index (χ3v) is 3.38. The summed E-state index contributed by atoms with van der Waals surface area (Å²) in [7, 11) is 0. The molecule has 0 fully saturated rings. The average molecular weight is 267 g/mol. The fraction of sp³-hybridized carbons (Fsp3) is 0.188. The zero-order chi connectivity index (χ0) is 14.1. The number of ether oxygens (including phenoxy) is 1. The van der Waals surface area contributed by atoms with Crippen molar-refractivity contribution in [2.75, 3.05) is 5.73 Å². The summed E-state index contributed by atoms with van der Waals surface area (Å²) in [6.07, 6.45) is 0. The van der Waals surface area contributed by atoms with Gasteiger partial charge in [-0.1, -0.05) is 36.4 Å². The normalized spacial score (nSPS) is 10.9. The molecule has 0 bridgehead atoms. The number of nitrogens with two attached hydrogens (primary N) is 1. The van der Waals surface area contributed by atoms with Gasteiger partial charge >= 0.3 is 0 Å². The van der Waals surface area contributed by atoms with E-state index in [4.69, 9.17) is 10.5 Å². The largest absolute Gasteiger partial charge is 0.437 e. The molecule has 3 rings (SSSR count). The summed E-state index contributed by atoms with van der Waals surface area (Å²) in [5.74, 6) is 1.41. The maximum Gasteiger partial charge on any atom is 0.241 e. The Morgan fingerprint density at radius 3 is 2.70 bits per heavy atom. The third-order valence-electron chi connectivity index (χ3n) is 3.38. The summed E-state index contributed by atoms with van der Waals surface area (Å²) < 4.78 is 7.82. The Morgan fingerprint density at radius 1 is 1.15 bits per heavy atom. The summed E-state index contributed by atoms with van der Waals surface area (Å²) in [4.78, 5) is 0. The highest BCUT2D eigenvalue weighted by molar-refractivity contribution is 5.88. The topological polar surface area (TPSA) is 53.1 Å². The molecule has 20 heavy (non-hydrogen) atoms. The van der Waals surface area contributed by atoms with Crippen molar-refractivity contribution in [3.05, 3.63) is 48.2 Å². The first-order chi connectivity index (χ1) is 9.70. The summed E-state index contributed by atoms with van der Waals surface area (Å²) >= 11 is 0. The van der Waals surface area contributed by atoms with Crippen molar-refractivity contribution < 1.29 is 4.74 Å². The van der Waals surface area contributed by atoms with E-state index in [-0.39, 0.29) is 0 Å². The summed E-state index contributed by atoms with van der Waals surface area (Å²) in [5, 5.41) is 6.58. The molecule has 0 amide bonds. The molecule has 0 aliphatic carbocycles. The van der Waals surface area contributed by atoms with Gasteiger partial charge in [-0.3, -0.25) is 0 Å². The first-order valence-corrected chi connectivity index (χ1v) is 6.69. The van der Waals surface area contributed by atoms with Crippen LogP contribution in [-0.2, 0) is 6.54 Å². The summed E-state index contributed by atoms with van der Waals surface area (Å²) in [5.41, 5.74) is 7.45. The molecule has 0 spiro atoms. The second kappa shape index (κ2) is 4.89. The molecule has 1 heterocycles. The molecule has 2 N–H and O–H groups in total. The molecule has 2 aromatic carbocycles. The predicted octanol–water partition coefficient (Wildman–Crippen LogP) is 3.74. The predicted molar refractivity (Wildman–Crippen MR) is 81.1 cm³/mol. The maximum absolute atomic E-state index is 6.06. The molecule has 0 radical (unpaired) electrons. The Balaban J connectivity index is 2.10. The van der Waals surface area contributed by atoms with Gasteiger partial charge in [-0.05, 0) is 25.3 Å². The van der Waals surface area contributed by atoms with Crippen molar-refractivity contribution in [3.8, 4) is 11.6 Å². The lowest BCUT2D eigenvalue weighted by Gasteiger charge is -2.10. The SMILES string of the molecule is CCn1nc(C)c(N)c1Oc1cccc2ccccc12. The van der Waals surface area contributed by atoms with Crippen molar-refractivity contribution in [3.63, 3.8) is 0 Å². The quantitative estimate of drug-likeness (QED) is 0.786. The monoisotopic (exact) mass is 267 g/mol. The zero-order valence-electron chi connectivity index (χ0n) is 11.6. The van der Waals surface area contributed by atoms with Gasteiger partial charge in [0.25, 0.3) is 0 Å². The highest BCUT2D eigenvalue weighted by Crippen LogP contribution is 2.33. The van der Waals surface area contributed by atoms with Gasteiger partial charge < -0.3 is 10.5 Å². The van der Waals surface area contributed by atoms with E-state index >= 15 is 0 Å². The van der Waals surface area contributed by atoms with Crippen molar-refractivity contribution in [2.24, 2.45) is 0 Å². The van der Waals surface area contributed by atoms with E-state index in [9.17, 15) is 0 Å². The number of aryl methyl sites for hydroxylation is 2. The average Bonchev–Trinajstić information content (AvgIpc) is 2.75. The van der Waals surface area contributed by atoms with Crippen LogP contribution in [0, 0.1) is 6.92 Å². The molecule has 4 heteroatoms. The van der Waals surface area contributed by atoms with E-state index in [1.165, 1.54) is 0 Å². The van der Waals surface area contributed by atoms with E-state index in [0.29, 0.717) is 11.6 Å². The van der Waals surface area contributed by atoms with Crippen LogP contribution in [0.5, 0.6) is 11.6 Å². The van der Waals surface area contributed by atoms with E-state index in [1.807, 2.05) is 44.2 Å². The van der Waals surface area contributed by atoms with E-state index in [0.717, 1.165) is 28.8 Å².